The lowest BCUT2D eigenvalue weighted by atomic mass is 10.3. The van der Waals surface area contributed by atoms with Gasteiger partial charge < -0.3 is 5.11 Å². The second kappa shape index (κ2) is 3.94. The largest absolute Gasteiger partial charge is 0.476 e. The standard InChI is InChI=1S/C9H3BrF4N2O2/c10-3-1-4(11)7-15-6(9(12,13)14)5(8(17)18)16(7)2-3/h1-2H,(H,17,18). The third-order valence-electron chi connectivity index (χ3n) is 2.11. The monoisotopic (exact) mass is 326 g/mol. The third-order valence-corrected chi connectivity index (χ3v) is 2.55. The van der Waals surface area contributed by atoms with Gasteiger partial charge in [-0.15, -0.1) is 0 Å². The summed E-state index contributed by atoms with van der Waals surface area (Å²) < 4.78 is 51.9. The van der Waals surface area contributed by atoms with Gasteiger partial charge in [0.1, 0.15) is 0 Å². The number of hydrogen-bond acceptors (Lipinski definition) is 2. The van der Waals surface area contributed by atoms with E-state index in [4.69, 9.17) is 5.11 Å². The number of alkyl halides is 3. The summed E-state index contributed by atoms with van der Waals surface area (Å²) in [5, 5.41) is 8.80. The van der Waals surface area contributed by atoms with Gasteiger partial charge in [-0.3, -0.25) is 4.40 Å². The number of pyridine rings is 1. The molecule has 0 saturated carbocycles. The molecule has 0 aliphatic heterocycles. The van der Waals surface area contributed by atoms with Gasteiger partial charge in [0.15, 0.2) is 22.9 Å². The summed E-state index contributed by atoms with van der Waals surface area (Å²) in [7, 11) is 0. The fourth-order valence-electron chi connectivity index (χ4n) is 1.48. The van der Waals surface area contributed by atoms with Crippen LogP contribution in [0.1, 0.15) is 16.2 Å². The van der Waals surface area contributed by atoms with Crippen LogP contribution in [0, 0.1) is 5.82 Å². The molecule has 0 spiro atoms. The van der Waals surface area contributed by atoms with Crippen LogP contribution in [0.4, 0.5) is 17.6 Å². The number of rotatable bonds is 1. The highest BCUT2D eigenvalue weighted by atomic mass is 79.9. The number of halogens is 5. The first-order valence-electron chi connectivity index (χ1n) is 4.39. The van der Waals surface area contributed by atoms with E-state index < -0.39 is 35.0 Å². The Hall–Kier alpha value is -1.64. The van der Waals surface area contributed by atoms with Crippen molar-refractivity contribution < 1.29 is 27.5 Å². The van der Waals surface area contributed by atoms with Crippen LogP contribution in [-0.2, 0) is 6.18 Å². The van der Waals surface area contributed by atoms with Gasteiger partial charge in [-0.1, -0.05) is 0 Å². The van der Waals surface area contributed by atoms with Gasteiger partial charge >= 0.3 is 12.1 Å². The van der Waals surface area contributed by atoms with Crippen molar-refractivity contribution in [3.05, 3.63) is 33.9 Å². The molecule has 0 aliphatic carbocycles. The van der Waals surface area contributed by atoms with Crippen LogP contribution in [0.3, 0.4) is 0 Å². The van der Waals surface area contributed by atoms with E-state index in [1.165, 1.54) is 0 Å². The van der Waals surface area contributed by atoms with Crippen molar-refractivity contribution in [3.8, 4) is 0 Å². The zero-order valence-electron chi connectivity index (χ0n) is 8.29. The molecule has 4 nitrogen and oxygen atoms in total. The Morgan fingerprint density at radius 3 is 2.56 bits per heavy atom. The van der Waals surface area contributed by atoms with Gasteiger partial charge in [-0.2, -0.15) is 13.2 Å². The summed E-state index contributed by atoms with van der Waals surface area (Å²) in [5.74, 6) is -2.89. The van der Waals surface area contributed by atoms with Crippen molar-refractivity contribution in [2.24, 2.45) is 0 Å². The number of aromatic carboxylic acids is 1. The number of fused-ring (bicyclic) bond motifs is 1. The second-order valence-corrected chi connectivity index (χ2v) is 4.23. The zero-order chi connectivity index (χ0) is 13.7. The molecule has 0 bridgehead atoms. The van der Waals surface area contributed by atoms with E-state index in [0.717, 1.165) is 12.3 Å². The van der Waals surface area contributed by atoms with E-state index >= 15 is 0 Å². The summed E-state index contributed by atoms with van der Waals surface area (Å²) >= 11 is 2.86. The number of hydrogen-bond donors (Lipinski definition) is 1. The Morgan fingerprint density at radius 1 is 1.44 bits per heavy atom. The summed E-state index contributed by atoms with van der Waals surface area (Å²) in [6.07, 6.45) is -3.97. The molecular formula is C9H3BrF4N2O2. The summed E-state index contributed by atoms with van der Waals surface area (Å²) in [5.41, 5.74) is -3.45. The number of carbonyl (C=O) groups is 1. The normalized spacial score (nSPS) is 12.1. The maximum atomic E-state index is 13.4. The van der Waals surface area contributed by atoms with E-state index in [2.05, 4.69) is 20.9 Å². The first-order chi connectivity index (χ1) is 8.21. The molecule has 0 fully saturated rings. The molecule has 2 rings (SSSR count). The summed E-state index contributed by atoms with van der Waals surface area (Å²) in [4.78, 5) is 13.9. The number of aromatic nitrogens is 2. The van der Waals surface area contributed by atoms with Crippen molar-refractivity contribution in [1.82, 2.24) is 9.38 Å². The molecule has 0 atom stereocenters. The van der Waals surface area contributed by atoms with Crippen molar-refractivity contribution in [3.63, 3.8) is 0 Å². The third kappa shape index (κ3) is 1.94. The lowest BCUT2D eigenvalue weighted by Crippen LogP contribution is -2.13. The maximum Gasteiger partial charge on any atom is 0.435 e. The minimum absolute atomic E-state index is 0.0983. The maximum absolute atomic E-state index is 13.4. The Balaban J connectivity index is 2.93. The average molecular weight is 327 g/mol. The molecule has 2 aromatic heterocycles. The van der Waals surface area contributed by atoms with Gasteiger partial charge in [0.2, 0.25) is 0 Å². The number of nitrogens with zero attached hydrogens (tertiary/aromatic N) is 2. The Morgan fingerprint density at radius 2 is 2.06 bits per heavy atom. The van der Waals surface area contributed by atoms with Crippen molar-refractivity contribution in [1.29, 1.82) is 0 Å². The van der Waals surface area contributed by atoms with E-state index in [1.807, 2.05) is 0 Å². The van der Waals surface area contributed by atoms with Crippen molar-refractivity contribution >= 4 is 27.5 Å². The fourth-order valence-corrected chi connectivity index (χ4v) is 1.88. The highest BCUT2D eigenvalue weighted by Gasteiger charge is 2.40. The molecule has 1 N–H and O–H groups in total. The minimum atomic E-state index is -4.97. The predicted octanol–water partition coefficient (Wildman–Crippen LogP) is 2.95. The smallest absolute Gasteiger partial charge is 0.435 e. The van der Waals surface area contributed by atoms with Crippen LogP contribution in [0.15, 0.2) is 16.7 Å². The molecule has 2 aromatic rings. The van der Waals surface area contributed by atoms with Gasteiger partial charge in [-0.05, 0) is 22.0 Å². The second-order valence-electron chi connectivity index (χ2n) is 3.31. The van der Waals surface area contributed by atoms with Crippen LogP contribution in [0.25, 0.3) is 5.65 Å². The number of carboxylic acids is 1. The SMILES string of the molecule is O=C(O)c1c(C(F)(F)F)nc2c(F)cc(Br)cn12. The van der Waals surface area contributed by atoms with E-state index in [1.54, 1.807) is 0 Å². The lowest BCUT2D eigenvalue weighted by molar-refractivity contribution is -0.141. The highest BCUT2D eigenvalue weighted by molar-refractivity contribution is 9.10. The summed E-state index contributed by atoms with van der Waals surface area (Å²) in [6, 6.07) is 0.897. The van der Waals surface area contributed by atoms with E-state index in [0.29, 0.717) is 4.40 Å². The Kier molecular flexibility index (Phi) is 2.80. The summed E-state index contributed by atoms with van der Waals surface area (Å²) in [6.45, 7) is 0. The van der Waals surface area contributed by atoms with Crippen LogP contribution in [0.5, 0.6) is 0 Å². The van der Waals surface area contributed by atoms with Crippen LogP contribution in [-0.4, -0.2) is 20.5 Å². The highest BCUT2D eigenvalue weighted by Crippen LogP contribution is 2.33. The molecule has 0 saturated heterocycles. The van der Waals surface area contributed by atoms with E-state index in [-0.39, 0.29) is 4.47 Å². The lowest BCUT2D eigenvalue weighted by Gasteiger charge is -2.03. The molecule has 2 heterocycles. The van der Waals surface area contributed by atoms with Crippen molar-refractivity contribution in [2.75, 3.05) is 0 Å². The molecule has 0 aliphatic rings. The quantitative estimate of drug-likeness (QED) is 0.820. The number of imidazole rings is 1. The number of carboxylic acid groups (broad SMARTS) is 1. The first kappa shape index (κ1) is 12.8. The van der Waals surface area contributed by atoms with Gasteiger partial charge in [0.05, 0.1) is 0 Å². The first-order valence-corrected chi connectivity index (χ1v) is 5.18. The van der Waals surface area contributed by atoms with Gasteiger partial charge in [0, 0.05) is 10.7 Å². The Labute approximate surface area is 105 Å². The van der Waals surface area contributed by atoms with Crippen LogP contribution >= 0.6 is 15.9 Å². The van der Waals surface area contributed by atoms with Crippen LogP contribution in [0.2, 0.25) is 0 Å². The predicted molar refractivity (Wildman–Crippen MR) is 54.8 cm³/mol. The van der Waals surface area contributed by atoms with Crippen molar-refractivity contribution in [2.45, 2.75) is 6.18 Å². The molecule has 0 amide bonds. The Bertz CT molecular complexity index is 650. The van der Waals surface area contributed by atoms with Gasteiger partial charge in [-0.25, -0.2) is 14.2 Å². The molecule has 0 unspecified atom stereocenters. The molecule has 0 aromatic carbocycles. The van der Waals surface area contributed by atoms with E-state index in [9.17, 15) is 22.4 Å². The molecule has 0 radical (unpaired) electrons. The fraction of sp³-hybridized carbons (Fsp3) is 0.111. The molecule has 18 heavy (non-hydrogen) atoms. The molecule has 96 valence electrons. The molecule has 9 heteroatoms. The molecular weight excluding hydrogens is 324 g/mol. The zero-order valence-corrected chi connectivity index (χ0v) is 9.88. The van der Waals surface area contributed by atoms with Gasteiger partial charge in [0.25, 0.3) is 0 Å². The van der Waals surface area contributed by atoms with Crippen LogP contribution < -0.4 is 0 Å². The minimum Gasteiger partial charge on any atom is -0.476 e. The topological polar surface area (TPSA) is 54.6 Å². The average Bonchev–Trinajstić information content (AvgIpc) is 2.55.